The molecule has 0 fully saturated rings. The van der Waals surface area contributed by atoms with E-state index in [4.69, 9.17) is 9.47 Å². The number of carbonyl (C=O) groups is 1. The van der Waals surface area contributed by atoms with Crippen molar-refractivity contribution in [2.45, 2.75) is 67.4 Å². The zero-order valence-corrected chi connectivity index (χ0v) is 21.6. The van der Waals surface area contributed by atoms with E-state index in [9.17, 15) is 18.7 Å². The smallest absolute Gasteiger partial charge is 0.336 e. The molecule has 2 rings (SSSR count). The number of ether oxygens (including phenoxy) is 2. The molecule has 1 heterocycles. The van der Waals surface area contributed by atoms with Crippen LogP contribution in [-0.2, 0) is 9.47 Å². The second kappa shape index (κ2) is 15.6. The van der Waals surface area contributed by atoms with E-state index in [1.807, 2.05) is 48.5 Å². The maximum Gasteiger partial charge on any atom is 0.336 e. The summed E-state index contributed by atoms with van der Waals surface area (Å²) in [5, 5.41) is 12.2. The summed E-state index contributed by atoms with van der Waals surface area (Å²) in [6.07, 6.45) is 0.716. The maximum atomic E-state index is 13.3. The number of nitrogens with one attached hydrogen (secondary N) is 1. The molecule has 0 saturated carbocycles. The maximum absolute atomic E-state index is 13.3. The Balaban J connectivity index is 0.00000258. The topological polar surface area (TPSA) is 80.2 Å². The van der Waals surface area contributed by atoms with Gasteiger partial charge in [0.15, 0.2) is 0 Å². The minimum Gasteiger partial charge on any atom is -0.495 e. The lowest BCUT2D eigenvalue weighted by Crippen LogP contribution is -2.33. The van der Waals surface area contributed by atoms with Gasteiger partial charge in [-0.3, -0.25) is 4.99 Å². The van der Waals surface area contributed by atoms with Crippen molar-refractivity contribution in [2.75, 3.05) is 14.2 Å². The number of allylic oxidation sites excluding steroid dienone is 3. The van der Waals surface area contributed by atoms with Gasteiger partial charge in [-0.2, -0.15) is 0 Å². The van der Waals surface area contributed by atoms with E-state index in [0.717, 1.165) is 12.0 Å². The number of carboxylic acid groups (broad SMARTS) is 1. The van der Waals surface area contributed by atoms with Gasteiger partial charge in [0.2, 0.25) is 5.90 Å². The Morgan fingerprint density at radius 3 is 2.29 bits per heavy atom. The fourth-order valence-corrected chi connectivity index (χ4v) is 2.90. The normalized spacial score (nSPS) is 15.9. The van der Waals surface area contributed by atoms with Gasteiger partial charge in [-0.1, -0.05) is 34.6 Å². The second-order valence-electron chi connectivity index (χ2n) is 6.71. The average Bonchev–Trinajstić information content (AvgIpc) is 2.87. The third-order valence-corrected chi connectivity index (χ3v) is 4.88. The van der Waals surface area contributed by atoms with Crippen LogP contribution < -0.4 is 5.32 Å². The van der Waals surface area contributed by atoms with Crippen LogP contribution in [0.3, 0.4) is 0 Å². The van der Waals surface area contributed by atoms with Gasteiger partial charge in [-0.05, 0) is 50.1 Å². The third kappa shape index (κ3) is 8.01. The first-order valence-corrected chi connectivity index (χ1v) is 11.4. The van der Waals surface area contributed by atoms with Crippen LogP contribution >= 0.6 is 0 Å². The number of halogens is 2. The van der Waals surface area contributed by atoms with Crippen molar-refractivity contribution in [1.82, 2.24) is 5.32 Å². The first-order chi connectivity index (χ1) is 16.2. The van der Waals surface area contributed by atoms with Crippen LogP contribution in [0.2, 0.25) is 0 Å². The fourth-order valence-electron chi connectivity index (χ4n) is 2.90. The Bertz CT molecular complexity index is 935. The molecule has 0 spiro atoms. The number of carboxylic acids is 1. The number of nitrogens with zero attached hydrogens (tertiary/aromatic N) is 1. The van der Waals surface area contributed by atoms with Crippen LogP contribution in [0.1, 0.15) is 76.4 Å². The van der Waals surface area contributed by atoms with Crippen molar-refractivity contribution in [3.05, 3.63) is 64.3 Å². The highest BCUT2D eigenvalue weighted by molar-refractivity contribution is 6.01. The molecule has 2 N–H and O–H groups in total. The van der Waals surface area contributed by atoms with Gasteiger partial charge in [0.1, 0.15) is 17.6 Å². The van der Waals surface area contributed by atoms with Crippen molar-refractivity contribution in [1.29, 1.82) is 0 Å². The predicted molar refractivity (Wildman–Crippen MR) is 134 cm³/mol. The van der Waals surface area contributed by atoms with Crippen LogP contribution in [0.25, 0.3) is 5.57 Å². The van der Waals surface area contributed by atoms with E-state index >= 15 is 0 Å². The zero-order chi connectivity index (χ0) is 26.4. The van der Waals surface area contributed by atoms with Gasteiger partial charge in [-0.15, -0.1) is 0 Å². The summed E-state index contributed by atoms with van der Waals surface area (Å²) in [5.74, 6) is 0.0499. The van der Waals surface area contributed by atoms with Gasteiger partial charge < -0.3 is 19.9 Å². The van der Waals surface area contributed by atoms with E-state index in [0.29, 0.717) is 17.2 Å². The molecular weight excluding hydrogens is 442 g/mol. The van der Waals surface area contributed by atoms with Gasteiger partial charge in [0, 0.05) is 29.9 Å². The summed E-state index contributed by atoms with van der Waals surface area (Å²) < 4.78 is 37.7. The van der Waals surface area contributed by atoms with Crippen molar-refractivity contribution in [3.63, 3.8) is 0 Å². The standard InChI is InChI=1S/C22H26F2N2O4.2C2H6/c1-6-12(2)13(3)30-21(25-4)14-7-8-15(22(27)28)16(9-14)17-10-18(20(23)24)26-11-19(17)29-5;2*1-2/h7-11,18,20,26H,6H2,1-5H3,(H,27,28);2*1-2H3. The number of aliphatic imine (C=N–C) groups is 1. The van der Waals surface area contributed by atoms with Crippen molar-refractivity contribution < 1.29 is 28.2 Å². The summed E-state index contributed by atoms with van der Waals surface area (Å²) in [5.41, 5.74) is 2.01. The molecule has 0 saturated heterocycles. The molecule has 1 aliphatic rings. The quantitative estimate of drug-likeness (QED) is 0.260. The van der Waals surface area contributed by atoms with Crippen molar-refractivity contribution in [2.24, 2.45) is 4.99 Å². The third-order valence-electron chi connectivity index (χ3n) is 4.88. The minimum absolute atomic E-state index is 0.0460. The molecule has 1 aromatic carbocycles. The number of dihydropyridines is 1. The van der Waals surface area contributed by atoms with E-state index in [1.165, 1.54) is 25.5 Å². The lowest BCUT2D eigenvalue weighted by Gasteiger charge is -2.24. The zero-order valence-electron chi connectivity index (χ0n) is 21.6. The summed E-state index contributed by atoms with van der Waals surface area (Å²) in [6, 6.07) is 3.28. The Hall–Kier alpha value is -3.16. The molecule has 1 aliphatic heterocycles. The number of methoxy groups -OCH3 is 1. The highest BCUT2D eigenvalue weighted by Crippen LogP contribution is 2.31. The lowest BCUT2D eigenvalue weighted by molar-refractivity contribution is 0.0696. The molecule has 34 heavy (non-hydrogen) atoms. The molecule has 190 valence electrons. The predicted octanol–water partition coefficient (Wildman–Crippen LogP) is 6.64. The molecule has 0 bridgehead atoms. The molecule has 0 aliphatic carbocycles. The van der Waals surface area contributed by atoms with Crippen LogP contribution in [0.15, 0.2) is 52.6 Å². The summed E-state index contributed by atoms with van der Waals surface area (Å²) in [7, 11) is 2.95. The van der Waals surface area contributed by atoms with Gasteiger partial charge >= 0.3 is 5.97 Å². The highest BCUT2D eigenvalue weighted by Gasteiger charge is 2.27. The van der Waals surface area contributed by atoms with E-state index < -0.39 is 18.4 Å². The van der Waals surface area contributed by atoms with Crippen molar-refractivity contribution in [3.8, 4) is 0 Å². The molecule has 1 atom stereocenters. The van der Waals surface area contributed by atoms with E-state index in [1.54, 1.807) is 19.2 Å². The highest BCUT2D eigenvalue weighted by atomic mass is 19.3. The molecule has 8 heteroatoms. The first kappa shape index (κ1) is 30.8. The van der Waals surface area contributed by atoms with Crippen LogP contribution in [0.5, 0.6) is 0 Å². The first-order valence-electron chi connectivity index (χ1n) is 11.4. The van der Waals surface area contributed by atoms with Crippen LogP contribution in [0.4, 0.5) is 8.78 Å². The monoisotopic (exact) mass is 480 g/mol. The number of rotatable bonds is 7. The number of alkyl halides is 2. The number of benzene rings is 1. The van der Waals surface area contributed by atoms with Gasteiger partial charge in [0.05, 0.1) is 12.7 Å². The molecule has 6 nitrogen and oxygen atoms in total. The molecule has 1 aromatic rings. The Kier molecular flexibility index (Phi) is 14.2. The molecule has 1 unspecified atom stereocenters. The summed E-state index contributed by atoms with van der Waals surface area (Å²) in [4.78, 5) is 16.0. The summed E-state index contributed by atoms with van der Waals surface area (Å²) in [6.45, 7) is 13.8. The molecule has 0 radical (unpaired) electrons. The van der Waals surface area contributed by atoms with E-state index in [-0.39, 0.29) is 22.5 Å². The SMILES string of the molecule is CC.CC.CCC(C)=C(C)OC(=NC)c1ccc(C(=O)O)c(C2=CC(C(F)F)NC=C2OC)c1. The number of aromatic carboxylic acids is 1. The molecule has 0 amide bonds. The Morgan fingerprint density at radius 1 is 1.21 bits per heavy atom. The average molecular weight is 481 g/mol. The number of hydrogen-bond donors (Lipinski definition) is 2. The fraction of sp³-hybridized carbons (Fsp3) is 0.462. The second-order valence-corrected chi connectivity index (χ2v) is 6.71. The van der Waals surface area contributed by atoms with Crippen LogP contribution in [-0.4, -0.2) is 43.6 Å². The van der Waals surface area contributed by atoms with E-state index in [2.05, 4.69) is 10.3 Å². The Labute approximate surface area is 202 Å². The van der Waals surface area contributed by atoms with Crippen molar-refractivity contribution >= 4 is 17.4 Å². The summed E-state index contributed by atoms with van der Waals surface area (Å²) >= 11 is 0. The van der Waals surface area contributed by atoms with Gasteiger partial charge in [-0.25, -0.2) is 13.6 Å². The molecule has 0 aromatic heterocycles. The number of hydrogen-bond acceptors (Lipinski definition) is 5. The Morgan fingerprint density at radius 2 is 1.82 bits per heavy atom. The minimum atomic E-state index is -2.67. The van der Waals surface area contributed by atoms with Crippen LogP contribution in [0, 0.1) is 0 Å². The van der Waals surface area contributed by atoms with Gasteiger partial charge in [0.25, 0.3) is 6.43 Å². The largest absolute Gasteiger partial charge is 0.495 e. The lowest BCUT2D eigenvalue weighted by atomic mass is 9.93. The molecular formula is C26H38F2N2O4.